The highest BCUT2D eigenvalue weighted by Gasteiger charge is 2.40. The van der Waals surface area contributed by atoms with E-state index in [1.807, 2.05) is 6.07 Å². The maximum Gasteiger partial charge on any atom is 0.198 e. The van der Waals surface area contributed by atoms with Gasteiger partial charge < -0.3 is 14.6 Å². The van der Waals surface area contributed by atoms with Crippen molar-refractivity contribution in [2.45, 2.75) is 31.3 Å². The molecule has 0 heterocycles. The summed E-state index contributed by atoms with van der Waals surface area (Å²) in [6.07, 6.45) is 2.88. The van der Waals surface area contributed by atoms with E-state index in [1.54, 1.807) is 25.3 Å². The second-order valence-corrected chi connectivity index (χ2v) is 4.91. The van der Waals surface area contributed by atoms with Gasteiger partial charge in [0.2, 0.25) is 0 Å². The van der Waals surface area contributed by atoms with Crippen LogP contribution in [0.2, 0.25) is 0 Å². The summed E-state index contributed by atoms with van der Waals surface area (Å²) in [7, 11) is 1.60. The fourth-order valence-electron chi connectivity index (χ4n) is 2.45. The van der Waals surface area contributed by atoms with Crippen LogP contribution in [0.1, 0.15) is 36.0 Å². The van der Waals surface area contributed by atoms with Gasteiger partial charge in [0.1, 0.15) is 18.0 Å². The smallest absolute Gasteiger partial charge is 0.198 e. The number of hydrogen-bond acceptors (Lipinski definition) is 4. The lowest BCUT2D eigenvalue weighted by Crippen LogP contribution is -2.35. The molecule has 1 aromatic rings. The Hall–Kier alpha value is -1.39. The first-order valence-electron chi connectivity index (χ1n) is 6.65. The molecular weight excluding hydrogens is 244 g/mol. The molecule has 4 nitrogen and oxygen atoms in total. The van der Waals surface area contributed by atoms with Crippen molar-refractivity contribution in [1.29, 1.82) is 0 Å². The van der Waals surface area contributed by atoms with Gasteiger partial charge in [-0.05, 0) is 37.8 Å². The van der Waals surface area contributed by atoms with Gasteiger partial charge in [0.25, 0.3) is 0 Å². The fourth-order valence-corrected chi connectivity index (χ4v) is 2.45. The standard InChI is InChI=1S/C15H20O4/c1-18-10-11-19-13-7-3-2-6-12(13)14(16)15(17)8-4-5-9-15/h2-3,6-7,17H,4-5,8-11H2,1H3. The normalized spacial score (nSPS) is 17.4. The van der Waals surface area contributed by atoms with Gasteiger partial charge in [0.15, 0.2) is 5.78 Å². The minimum Gasteiger partial charge on any atom is -0.490 e. The molecule has 1 aliphatic rings. The van der Waals surface area contributed by atoms with Crippen molar-refractivity contribution in [3.8, 4) is 5.75 Å². The zero-order valence-electron chi connectivity index (χ0n) is 11.2. The van der Waals surface area contributed by atoms with E-state index in [4.69, 9.17) is 9.47 Å². The van der Waals surface area contributed by atoms with Crippen molar-refractivity contribution < 1.29 is 19.4 Å². The molecule has 0 saturated heterocycles. The monoisotopic (exact) mass is 264 g/mol. The van der Waals surface area contributed by atoms with E-state index >= 15 is 0 Å². The maximum atomic E-state index is 12.5. The van der Waals surface area contributed by atoms with Gasteiger partial charge in [-0.2, -0.15) is 0 Å². The second kappa shape index (κ2) is 6.17. The molecule has 0 amide bonds. The molecule has 1 aromatic carbocycles. The van der Waals surface area contributed by atoms with Crippen LogP contribution in [0.25, 0.3) is 0 Å². The Labute approximate surface area is 113 Å². The first kappa shape index (κ1) is 14.0. The number of rotatable bonds is 6. The SMILES string of the molecule is COCCOc1ccccc1C(=O)C1(O)CCCC1. The van der Waals surface area contributed by atoms with Crippen LogP contribution in [0, 0.1) is 0 Å². The lowest BCUT2D eigenvalue weighted by atomic mass is 9.91. The van der Waals surface area contributed by atoms with Crippen LogP contribution >= 0.6 is 0 Å². The van der Waals surface area contributed by atoms with Gasteiger partial charge in [-0.15, -0.1) is 0 Å². The summed E-state index contributed by atoms with van der Waals surface area (Å²) in [4.78, 5) is 12.5. The summed E-state index contributed by atoms with van der Waals surface area (Å²) in [6.45, 7) is 0.853. The van der Waals surface area contributed by atoms with Crippen LogP contribution in [0.5, 0.6) is 5.75 Å². The second-order valence-electron chi connectivity index (χ2n) is 4.91. The third-order valence-electron chi connectivity index (χ3n) is 3.53. The number of aliphatic hydroxyl groups is 1. The summed E-state index contributed by atoms with van der Waals surface area (Å²) in [5.74, 6) is 0.294. The summed E-state index contributed by atoms with van der Waals surface area (Å²) in [5.41, 5.74) is -0.747. The Kier molecular flexibility index (Phi) is 4.56. The Balaban J connectivity index is 2.16. The van der Waals surface area contributed by atoms with E-state index in [2.05, 4.69) is 0 Å². The largest absolute Gasteiger partial charge is 0.490 e. The molecule has 1 aliphatic carbocycles. The molecule has 0 aliphatic heterocycles. The molecule has 1 N–H and O–H groups in total. The predicted octanol–water partition coefficient (Wildman–Crippen LogP) is 2.20. The van der Waals surface area contributed by atoms with E-state index in [1.165, 1.54) is 0 Å². The summed E-state index contributed by atoms with van der Waals surface area (Å²) < 4.78 is 10.5. The molecule has 4 heteroatoms. The minimum atomic E-state index is -1.21. The average Bonchev–Trinajstić information content (AvgIpc) is 2.87. The number of ether oxygens (including phenoxy) is 2. The number of carbonyl (C=O) groups excluding carboxylic acids is 1. The van der Waals surface area contributed by atoms with Gasteiger partial charge >= 0.3 is 0 Å². The Morgan fingerprint density at radius 1 is 1.26 bits per heavy atom. The van der Waals surface area contributed by atoms with Crippen LogP contribution in [0.3, 0.4) is 0 Å². The lowest BCUT2D eigenvalue weighted by molar-refractivity contribution is 0.0348. The number of Topliss-reactive ketones (excluding diaryl/α,β-unsaturated/α-hetero) is 1. The Morgan fingerprint density at radius 2 is 1.95 bits per heavy atom. The third kappa shape index (κ3) is 3.14. The number of ketones is 1. The highest BCUT2D eigenvalue weighted by atomic mass is 16.5. The first-order valence-corrected chi connectivity index (χ1v) is 6.65. The van der Waals surface area contributed by atoms with Crippen LogP contribution < -0.4 is 4.74 Å². The molecular formula is C15H20O4. The summed E-state index contributed by atoms with van der Waals surface area (Å²) in [5, 5.41) is 10.4. The summed E-state index contributed by atoms with van der Waals surface area (Å²) in [6, 6.07) is 7.06. The fraction of sp³-hybridized carbons (Fsp3) is 0.533. The zero-order chi connectivity index (χ0) is 13.7. The molecule has 19 heavy (non-hydrogen) atoms. The zero-order valence-corrected chi connectivity index (χ0v) is 11.2. The highest BCUT2D eigenvalue weighted by Crippen LogP contribution is 2.34. The molecule has 0 radical (unpaired) electrons. The van der Waals surface area contributed by atoms with Crippen LogP contribution in [-0.4, -0.2) is 36.8 Å². The van der Waals surface area contributed by atoms with E-state index in [-0.39, 0.29) is 5.78 Å². The molecule has 0 atom stereocenters. The average molecular weight is 264 g/mol. The van der Waals surface area contributed by atoms with E-state index in [9.17, 15) is 9.90 Å². The van der Waals surface area contributed by atoms with Crippen molar-refractivity contribution in [1.82, 2.24) is 0 Å². The van der Waals surface area contributed by atoms with E-state index < -0.39 is 5.60 Å². The van der Waals surface area contributed by atoms with Gasteiger partial charge in [-0.3, -0.25) is 4.79 Å². The topological polar surface area (TPSA) is 55.8 Å². The van der Waals surface area contributed by atoms with E-state index in [0.29, 0.717) is 37.4 Å². The van der Waals surface area contributed by atoms with Crippen LogP contribution in [-0.2, 0) is 4.74 Å². The van der Waals surface area contributed by atoms with Gasteiger partial charge in [-0.25, -0.2) is 0 Å². The van der Waals surface area contributed by atoms with Crippen molar-refractivity contribution in [3.05, 3.63) is 29.8 Å². The molecule has 0 aromatic heterocycles. The molecule has 0 spiro atoms. The van der Waals surface area contributed by atoms with Gasteiger partial charge in [-0.1, -0.05) is 12.1 Å². The number of methoxy groups -OCH3 is 1. The first-order chi connectivity index (χ1) is 9.17. The number of hydrogen-bond donors (Lipinski definition) is 1. The third-order valence-corrected chi connectivity index (χ3v) is 3.53. The number of benzene rings is 1. The Bertz CT molecular complexity index is 436. The maximum absolute atomic E-state index is 12.5. The molecule has 2 rings (SSSR count). The highest BCUT2D eigenvalue weighted by molar-refractivity contribution is 6.04. The van der Waals surface area contributed by atoms with Crippen molar-refractivity contribution in [2.75, 3.05) is 20.3 Å². The number of carbonyl (C=O) groups is 1. The molecule has 1 fully saturated rings. The molecule has 0 unspecified atom stereocenters. The summed E-state index contributed by atoms with van der Waals surface area (Å²) >= 11 is 0. The quantitative estimate of drug-likeness (QED) is 0.632. The van der Waals surface area contributed by atoms with Gasteiger partial charge in [0, 0.05) is 7.11 Å². The van der Waals surface area contributed by atoms with Crippen LogP contribution in [0.4, 0.5) is 0 Å². The van der Waals surface area contributed by atoms with Gasteiger partial charge in [0.05, 0.1) is 12.2 Å². The lowest BCUT2D eigenvalue weighted by Gasteiger charge is -2.21. The molecule has 1 saturated carbocycles. The van der Waals surface area contributed by atoms with Crippen LogP contribution in [0.15, 0.2) is 24.3 Å². The van der Waals surface area contributed by atoms with E-state index in [0.717, 1.165) is 12.8 Å². The predicted molar refractivity (Wildman–Crippen MR) is 71.6 cm³/mol. The molecule has 104 valence electrons. The van der Waals surface area contributed by atoms with Crippen molar-refractivity contribution >= 4 is 5.78 Å². The molecule has 0 bridgehead atoms. The Morgan fingerprint density at radius 3 is 2.63 bits per heavy atom. The minimum absolute atomic E-state index is 0.224. The van der Waals surface area contributed by atoms with Crippen molar-refractivity contribution in [2.24, 2.45) is 0 Å². The van der Waals surface area contributed by atoms with Crippen molar-refractivity contribution in [3.63, 3.8) is 0 Å². The number of para-hydroxylation sites is 1.